The van der Waals surface area contributed by atoms with Crippen molar-refractivity contribution < 1.29 is 17.9 Å². The lowest BCUT2D eigenvalue weighted by atomic mass is 10.2. The molecule has 0 spiro atoms. The van der Waals surface area contributed by atoms with Crippen molar-refractivity contribution in [2.45, 2.75) is 12.7 Å². The standard InChI is InChI=1S/C19H16F3N3O/c20-19(21,22)17-9-13(12-23)10-18(25-17)26-16-8-4-7-15(11-16)24-14-5-2-1-3-6-14/h1-11,24H,12,23H2. The third kappa shape index (κ3) is 4.52. The Hall–Kier alpha value is -3.06. The highest BCUT2D eigenvalue weighted by atomic mass is 19.4. The SMILES string of the molecule is NCc1cc(Oc2cccc(Nc3ccccc3)c2)nc(C(F)(F)F)c1. The average Bonchev–Trinajstić information content (AvgIpc) is 2.62. The van der Waals surface area contributed by atoms with Crippen LogP contribution in [0.3, 0.4) is 0 Å². The lowest BCUT2D eigenvalue weighted by molar-refractivity contribution is -0.141. The van der Waals surface area contributed by atoms with Crippen LogP contribution >= 0.6 is 0 Å². The molecular formula is C19H16F3N3O. The molecule has 3 rings (SSSR count). The predicted molar refractivity (Wildman–Crippen MR) is 93.4 cm³/mol. The van der Waals surface area contributed by atoms with Crippen LogP contribution in [0.25, 0.3) is 0 Å². The summed E-state index contributed by atoms with van der Waals surface area (Å²) in [5.74, 6) is 0.206. The molecule has 0 aliphatic heterocycles. The minimum absolute atomic E-state index is 0.0441. The van der Waals surface area contributed by atoms with E-state index >= 15 is 0 Å². The zero-order valence-electron chi connectivity index (χ0n) is 13.6. The smallest absolute Gasteiger partial charge is 0.433 e. The fourth-order valence-corrected chi connectivity index (χ4v) is 2.32. The van der Waals surface area contributed by atoms with Gasteiger partial charge in [0, 0.05) is 30.1 Å². The first-order valence-corrected chi connectivity index (χ1v) is 7.82. The van der Waals surface area contributed by atoms with Gasteiger partial charge in [0.1, 0.15) is 11.4 Å². The second kappa shape index (κ2) is 7.45. The summed E-state index contributed by atoms with van der Waals surface area (Å²) < 4.78 is 44.4. The van der Waals surface area contributed by atoms with Crippen molar-refractivity contribution in [2.24, 2.45) is 5.73 Å². The van der Waals surface area contributed by atoms with E-state index in [4.69, 9.17) is 10.5 Å². The Labute approximate surface area is 148 Å². The minimum atomic E-state index is -4.57. The highest BCUT2D eigenvalue weighted by Crippen LogP contribution is 2.32. The van der Waals surface area contributed by atoms with Crippen LogP contribution in [0.4, 0.5) is 24.5 Å². The van der Waals surface area contributed by atoms with Crippen LogP contribution in [0.5, 0.6) is 11.6 Å². The largest absolute Gasteiger partial charge is 0.439 e. The molecule has 134 valence electrons. The molecule has 0 aliphatic carbocycles. The molecule has 2 aromatic carbocycles. The van der Waals surface area contributed by atoms with Gasteiger partial charge in [0.2, 0.25) is 5.88 Å². The maximum atomic E-state index is 13.0. The number of ether oxygens (including phenoxy) is 1. The van der Waals surface area contributed by atoms with Crippen molar-refractivity contribution in [3.63, 3.8) is 0 Å². The van der Waals surface area contributed by atoms with Gasteiger partial charge >= 0.3 is 6.18 Å². The number of nitrogens with two attached hydrogens (primary N) is 1. The van der Waals surface area contributed by atoms with Crippen molar-refractivity contribution >= 4 is 11.4 Å². The molecule has 0 atom stereocenters. The second-order valence-electron chi connectivity index (χ2n) is 5.52. The van der Waals surface area contributed by atoms with E-state index in [0.29, 0.717) is 11.3 Å². The van der Waals surface area contributed by atoms with Crippen LogP contribution in [0.15, 0.2) is 66.7 Å². The van der Waals surface area contributed by atoms with Gasteiger partial charge < -0.3 is 15.8 Å². The second-order valence-corrected chi connectivity index (χ2v) is 5.52. The van der Waals surface area contributed by atoms with Crippen molar-refractivity contribution in [2.75, 3.05) is 5.32 Å². The molecule has 0 bridgehead atoms. The number of para-hydroxylation sites is 1. The van der Waals surface area contributed by atoms with Crippen LogP contribution in [0.1, 0.15) is 11.3 Å². The number of aromatic nitrogens is 1. The lowest BCUT2D eigenvalue weighted by Crippen LogP contribution is -2.10. The molecular weight excluding hydrogens is 343 g/mol. The van der Waals surface area contributed by atoms with Crippen LogP contribution in [0.2, 0.25) is 0 Å². The Morgan fingerprint density at radius 2 is 1.65 bits per heavy atom. The summed E-state index contributed by atoms with van der Waals surface area (Å²) in [6.45, 7) is -0.0441. The average molecular weight is 359 g/mol. The van der Waals surface area contributed by atoms with Crippen molar-refractivity contribution in [1.82, 2.24) is 4.98 Å². The van der Waals surface area contributed by atoms with Crippen LogP contribution in [-0.2, 0) is 12.7 Å². The van der Waals surface area contributed by atoms with E-state index in [9.17, 15) is 13.2 Å². The van der Waals surface area contributed by atoms with Gasteiger partial charge in [-0.05, 0) is 35.9 Å². The Bertz CT molecular complexity index is 883. The maximum absolute atomic E-state index is 13.0. The number of pyridine rings is 1. The molecule has 26 heavy (non-hydrogen) atoms. The molecule has 0 aliphatic rings. The number of halogens is 3. The Balaban J connectivity index is 1.84. The fraction of sp³-hybridized carbons (Fsp3) is 0.105. The van der Waals surface area contributed by atoms with Crippen molar-refractivity contribution in [3.8, 4) is 11.6 Å². The monoisotopic (exact) mass is 359 g/mol. The van der Waals surface area contributed by atoms with Crippen molar-refractivity contribution in [1.29, 1.82) is 0 Å². The summed E-state index contributed by atoms with van der Waals surface area (Å²) in [6, 6.07) is 18.7. The van der Waals surface area contributed by atoms with E-state index in [1.54, 1.807) is 18.2 Å². The van der Waals surface area contributed by atoms with Gasteiger partial charge in [-0.25, -0.2) is 4.98 Å². The van der Waals surface area contributed by atoms with E-state index in [-0.39, 0.29) is 12.4 Å². The number of alkyl halides is 3. The quantitative estimate of drug-likeness (QED) is 0.666. The van der Waals surface area contributed by atoms with E-state index in [1.807, 2.05) is 36.4 Å². The van der Waals surface area contributed by atoms with Crippen LogP contribution in [0, 0.1) is 0 Å². The first-order valence-electron chi connectivity index (χ1n) is 7.82. The van der Waals surface area contributed by atoms with Gasteiger partial charge in [-0.2, -0.15) is 13.2 Å². The molecule has 0 saturated heterocycles. The first kappa shape index (κ1) is 17.8. The van der Waals surface area contributed by atoms with E-state index in [2.05, 4.69) is 10.3 Å². The molecule has 3 aromatic rings. The molecule has 7 heteroatoms. The first-order chi connectivity index (χ1) is 12.4. The highest BCUT2D eigenvalue weighted by molar-refractivity contribution is 5.61. The van der Waals surface area contributed by atoms with Gasteiger partial charge in [-0.1, -0.05) is 24.3 Å². The lowest BCUT2D eigenvalue weighted by Gasteiger charge is -2.12. The number of rotatable bonds is 5. The summed E-state index contributed by atoms with van der Waals surface area (Å²) in [4.78, 5) is 3.54. The third-order valence-corrected chi connectivity index (χ3v) is 3.51. The summed E-state index contributed by atoms with van der Waals surface area (Å²) in [7, 11) is 0. The van der Waals surface area contributed by atoms with Gasteiger partial charge in [0.05, 0.1) is 0 Å². The number of benzene rings is 2. The molecule has 3 N–H and O–H groups in total. The zero-order chi connectivity index (χ0) is 18.6. The molecule has 0 saturated carbocycles. The highest BCUT2D eigenvalue weighted by Gasteiger charge is 2.33. The Morgan fingerprint density at radius 1 is 0.923 bits per heavy atom. The topological polar surface area (TPSA) is 60.2 Å². The molecule has 4 nitrogen and oxygen atoms in total. The zero-order valence-corrected chi connectivity index (χ0v) is 13.6. The summed E-state index contributed by atoms with van der Waals surface area (Å²) in [5.41, 5.74) is 6.35. The minimum Gasteiger partial charge on any atom is -0.439 e. The number of anilines is 2. The Morgan fingerprint density at radius 3 is 2.35 bits per heavy atom. The summed E-state index contributed by atoms with van der Waals surface area (Å²) in [5, 5.41) is 3.19. The molecule has 1 aromatic heterocycles. The van der Waals surface area contributed by atoms with Gasteiger partial charge in [0.25, 0.3) is 0 Å². The normalized spacial score (nSPS) is 11.2. The van der Waals surface area contributed by atoms with Gasteiger partial charge in [0.15, 0.2) is 0 Å². The molecule has 0 amide bonds. The fourth-order valence-electron chi connectivity index (χ4n) is 2.32. The van der Waals surface area contributed by atoms with E-state index in [1.165, 1.54) is 6.07 Å². The number of hydrogen-bond donors (Lipinski definition) is 2. The molecule has 0 radical (unpaired) electrons. The summed E-state index contributed by atoms with van der Waals surface area (Å²) in [6.07, 6.45) is -4.57. The number of hydrogen-bond acceptors (Lipinski definition) is 4. The maximum Gasteiger partial charge on any atom is 0.433 e. The van der Waals surface area contributed by atoms with E-state index < -0.39 is 11.9 Å². The Kier molecular flexibility index (Phi) is 5.09. The van der Waals surface area contributed by atoms with Crippen molar-refractivity contribution in [3.05, 3.63) is 78.0 Å². The van der Waals surface area contributed by atoms with Crippen LogP contribution in [-0.4, -0.2) is 4.98 Å². The third-order valence-electron chi connectivity index (χ3n) is 3.51. The number of nitrogens with zero attached hydrogens (tertiary/aromatic N) is 1. The molecule has 0 unspecified atom stereocenters. The molecule has 0 fully saturated rings. The summed E-state index contributed by atoms with van der Waals surface area (Å²) >= 11 is 0. The van der Waals surface area contributed by atoms with Gasteiger partial charge in [-0.15, -0.1) is 0 Å². The van der Waals surface area contributed by atoms with Crippen LogP contribution < -0.4 is 15.8 Å². The molecule has 1 heterocycles. The number of nitrogens with one attached hydrogen (secondary N) is 1. The predicted octanol–water partition coefficient (Wildman–Crippen LogP) is 5.10. The van der Waals surface area contributed by atoms with E-state index in [0.717, 1.165) is 17.4 Å². The van der Waals surface area contributed by atoms with Gasteiger partial charge in [-0.3, -0.25) is 0 Å².